The summed E-state index contributed by atoms with van der Waals surface area (Å²) in [7, 11) is 0. The fraction of sp³-hybridized carbons (Fsp3) is 0.500. The number of aromatic amines is 1. The minimum atomic E-state index is 0.0910. The molecule has 0 fully saturated rings. The highest BCUT2D eigenvalue weighted by molar-refractivity contribution is 5.94. The molecule has 1 aromatic heterocycles. The van der Waals surface area contributed by atoms with Crippen LogP contribution < -0.4 is 0 Å². The fourth-order valence-corrected chi connectivity index (χ4v) is 1.03. The van der Waals surface area contributed by atoms with Gasteiger partial charge in [-0.25, -0.2) is 0 Å². The summed E-state index contributed by atoms with van der Waals surface area (Å²) in [5, 5.41) is 0. The first-order chi connectivity index (χ1) is 5.41. The predicted octanol–water partition coefficient (Wildman–Crippen LogP) is 2.51. The summed E-state index contributed by atoms with van der Waals surface area (Å²) in [5.41, 5.74) is 1.96. The van der Waals surface area contributed by atoms with Gasteiger partial charge in [-0.2, -0.15) is 0 Å². The average Bonchev–Trinajstić information content (AvgIpc) is 2.30. The molecular weight excluding hydrogens is 150 g/mol. The third kappa shape index (κ3) is 1.76. The van der Waals surface area contributed by atoms with Gasteiger partial charge in [-0.3, -0.25) is 4.79 Å². The van der Waals surface area contributed by atoms with Gasteiger partial charge in [0.15, 0.2) is 5.78 Å². The van der Waals surface area contributed by atoms with Gasteiger partial charge < -0.3 is 4.98 Å². The number of aromatic nitrogens is 1. The van der Waals surface area contributed by atoms with Crippen molar-refractivity contribution in [3.05, 3.63) is 23.5 Å². The third-order valence-corrected chi connectivity index (χ3v) is 1.90. The first-order valence-electron chi connectivity index (χ1n) is 4.11. The van der Waals surface area contributed by atoms with Gasteiger partial charge >= 0.3 is 0 Å². The van der Waals surface area contributed by atoms with Crippen LogP contribution >= 0.6 is 0 Å². The first kappa shape index (κ1) is 9.04. The summed E-state index contributed by atoms with van der Waals surface area (Å²) in [5.74, 6) is 0.113. The molecule has 0 unspecified atom stereocenters. The van der Waals surface area contributed by atoms with Crippen LogP contribution in [0.2, 0.25) is 0 Å². The van der Waals surface area contributed by atoms with E-state index in [9.17, 15) is 4.79 Å². The Balaban J connectivity index is 3.00. The van der Waals surface area contributed by atoms with E-state index in [0.29, 0.717) is 0 Å². The standard InChI is InChI=1S/C10H15NO/c1-7(12)8-5-9(11-6-8)10(2,3)4/h5-6,11H,1-4H3. The van der Waals surface area contributed by atoms with Gasteiger partial charge in [-0.1, -0.05) is 20.8 Å². The first-order valence-corrected chi connectivity index (χ1v) is 4.11. The maximum atomic E-state index is 11.0. The van der Waals surface area contributed by atoms with E-state index in [1.165, 1.54) is 0 Å². The number of Topliss-reactive ketones (excluding diaryl/α,β-unsaturated/α-hetero) is 1. The van der Waals surface area contributed by atoms with Gasteiger partial charge in [-0.15, -0.1) is 0 Å². The third-order valence-electron chi connectivity index (χ3n) is 1.90. The van der Waals surface area contributed by atoms with Gasteiger partial charge in [0.25, 0.3) is 0 Å². The monoisotopic (exact) mass is 165 g/mol. The molecule has 1 aromatic rings. The largest absolute Gasteiger partial charge is 0.364 e. The number of hydrogen-bond acceptors (Lipinski definition) is 1. The molecule has 2 heteroatoms. The molecule has 1 N–H and O–H groups in total. The van der Waals surface area contributed by atoms with Crippen LogP contribution in [0.1, 0.15) is 43.7 Å². The van der Waals surface area contributed by atoms with E-state index in [2.05, 4.69) is 25.8 Å². The zero-order valence-electron chi connectivity index (χ0n) is 8.06. The molecule has 0 atom stereocenters. The molecule has 0 saturated carbocycles. The second-order valence-electron chi connectivity index (χ2n) is 4.11. The highest BCUT2D eigenvalue weighted by Crippen LogP contribution is 2.21. The minimum absolute atomic E-state index is 0.0910. The molecule has 0 spiro atoms. The van der Waals surface area contributed by atoms with Crippen molar-refractivity contribution in [2.45, 2.75) is 33.1 Å². The molecule has 0 radical (unpaired) electrons. The Hall–Kier alpha value is -1.05. The molecule has 2 nitrogen and oxygen atoms in total. The molecule has 0 bridgehead atoms. The number of H-pyrrole nitrogens is 1. The lowest BCUT2D eigenvalue weighted by Crippen LogP contribution is -2.11. The van der Waals surface area contributed by atoms with E-state index in [-0.39, 0.29) is 11.2 Å². The lowest BCUT2D eigenvalue weighted by atomic mass is 9.92. The van der Waals surface area contributed by atoms with Gasteiger partial charge in [0.1, 0.15) is 0 Å². The molecular formula is C10H15NO. The highest BCUT2D eigenvalue weighted by Gasteiger charge is 2.16. The lowest BCUT2D eigenvalue weighted by Gasteiger charge is -2.15. The van der Waals surface area contributed by atoms with E-state index in [1.807, 2.05) is 6.07 Å². The number of hydrogen-bond donors (Lipinski definition) is 1. The predicted molar refractivity (Wildman–Crippen MR) is 49.5 cm³/mol. The molecule has 1 heterocycles. The summed E-state index contributed by atoms with van der Waals surface area (Å²) in [6.07, 6.45) is 1.77. The van der Waals surface area contributed by atoms with Crippen molar-refractivity contribution < 1.29 is 4.79 Å². The Kier molecular flexibility index (Phi) is 2.09. The minimum Gasteiger partial charge on any atom is -0.364 e. The van der Waals surface area contributed by atoms with Gasteiger partial charge in [0.2, 0.25) is 0 Å². The Labute approximate surface area is 73.0 Å². The molecule has 0 amide bonds. The van der Waals surface area contributed by atoms with Crippen LogP contribution in [-0.4, -0.2) is 10.8 Å². The smallest absolute Gasteiger partial charge is 0.161 e. The van der Waals surface area contributed by atoms with Crippen LogP contribution in [0.5, 0.6) is 0 Å². The summed E-state index contributed by atoms with van der Waals surface area (Å²) in [4.78, 5) is 14.1. The molecule has 1 rings (SSSR count). The number of rotatable bonds is 1. The molecule has 0 aliphatic rings. The van der Waals surface area contributed by atoms with E-state index in [0.717, 1.165) is 11.3 Å². The quantitative estimate of drug-likeness (QED) is 0.637. The maximum absolute atomic E-state index is 11.0. The zero-order valence-corrected chi connectivity index (χ0v) is 8.06. The zero-order chi connectivity index (χ0) is 9.35. The number of carbonyl (C=O) groups is 1. The second kappa shape index (κ2) is 2.77. The molecule has 0 aliphatic heterocycles. The van der Waals surface area contributed by atoms with Crippen molar-refractivity contribution in [2.75, 3.05) is 0 Å². The van der Waals surface area contributed by atoms with Gasteiger partial charge in [0, 0.05) is 22.9 Å². The van der Waals surface area contributed by atoms with E-state index >= 15 is 0 Å². The van der Waals surface area contributed by atoms with Crippen LogP contribution in [0.4, 0.5) is 0 Å². The Morgan fingerprint density at radius 2 is 2.00 bits per heavy atom. The van der Waals surface area contributed by atoms with Crippen molar-refractivity contribution in [2.24, 2.45) is 0 Å². The molecule has 66 valence electrons. The van der Waals surface area contributed by atoms with Crippen LogP contribution in [0.3, 0.4) is 0 Å². The van der Waals surface area contributed by atoms with Crippen LogP contribution in [0.25, 0.3) is 0 Å². The molecule has 0 aromatic carbocycles. The van der Waals surface area contributed by atoms with Crippen molar-refractivity contribution in [3.63, 3.8) is 0 Å². The molecule has 0 saturated heterocycles. The number of carbonyl (C=O) groups excluding carboxylic acids is 1. The Morgan fingerprint density at radius 3 is 2.25 bits per heavy atom. The van der Waals surface area contributed by atoms with Crippen LogP contribution in [0.15, 0.2) is 12.3 Å². The van der Waals surface area contributed by atoms with Crippen molar-refractivity contribution in [1.82, 2.24) is 4.98 Å². The van der Waals surface area contributed by atoms with Crippen molar-refractivity contribution in [3.8, 4) is 0 Å². The van der Waals surface area contributed by atoms with Gasteiger partial charge in [-0.05, 0) is 13.0 Å². The Bertz CT molecular complexity index is 291. The van der Waals surface area contributed by atoms with E-state index < -0.39 is 0 Å². The topological polar surface area (TPSA) is 32.9 Å². The molecule has 0 aliphatic carbocycles. The van der Waals surface area contributed by atoms with E-state index in [1.54, 1.807) is 13.1 Å². The summed E-state index contributed by atoms with van der Waals surface area (Å²) >= 11 is 0. The maximum Gasteiger partial charge on any atom is 0.161 e. The summed E-state index contributed by atoms with van der Waals surface area (Å²) < 4.78 is 0. The Morgan fingerprint density at radius 1 is 1.42 bits per heavy atom. The summed E-state index contributed by atoms with van der Waals surface area (Å²) in [6, 6.07) is 1.92. The second-order valence-corrected chi connectivity index (χ2v) is 4.11. The fourth-order valence-electron chi connectivity index (χ4n) is 1.03. The van der Waals surface area contributed by atoms with Crippen LogP contribution in [-0.2, 0) is 5.41 Å². The SMILES string of the molecule is CC(=O)c1c[nH]c(C(C)(C)C)c1. The number of ketones is 1. The van der Waals surface area contributed by atoms with Crippen molar-refractivity contribution >= 4 is 5.78 Å². The number of nitrogens with one attached hydrogen (secondary N) is 1. The van der Waals surface area contributed by atoms with Crippen molar-refractivity contribution in [1.29, 1.82) is 0 Å². The van der Waals surface area contributed by atoms with E-state index in [4.69, 9.17) is 0 Å². The highest BCUT2D eigenvalue weighted by atomic mass is 16.1. The summed E-state index contributed by atoms with van der Waals surface area (Å²) in [6.45, 7) is 7.92. The van der Waals surface area contributed by atoms with Crippen LogP contribution in [0, 0.1) is 0 Å². The van der Waals surface area contributed by atoms with Gasteiger partial charge in [0.05, 0.1) is 0 Å². The normalized spacial score (nSPS) is 11.7. The average molecular weight is 165 g/mol. The lowest BCUT2D eigenvalue weighted by molar-refractivity contribution is 0.101. The molecule has 12 heavy (non-hydrogen) atoms.